The van der Waals surface area contributed by atoms with Crippen LogP contribution in [0.15, 0.2) is 22.7 Å². The van der Waals surface area contributed by atoms with Crippen molar-refractivity contribution in [3.8, 4) is 6.19 Å². The van der Waals surface area contributed by atoms with Crippen LogP contribution in [0, 0.1) is 21.6 Å². The zero-order valence-corrected chi connectivity index (χ0v) is 7.91. The monoisotopic (exact) mass is 241 g/mol. The lowest BCUT2D eigenvalue weighted by Crippen LogP contribution is -1.92. The number of hydrogen-bond acceptors (Lipinski definition) is 4. The zero-order chi connectivity index (χ0) is 9.84. The van der Waals surface area contributed by atoms with Crippen molar-refractivity contribution < 1.29 is 4.92 Å². The molecule has 1 aromatic carbocycles. The van der Waals surface area contributed by atoms with Crippen LogP contribution in [-0.2, 0) is 0 Å². The first-order valence-electron chi connectivity index (χ1n) is 3.24. The SMILES string of the molecule is N#CNc1cc([N+](=O)[O-])ccc1Br. The summed E-state index contributed by atoms with van der Waals surface area (Å²) in [4.78, 5) is 9.83. The fraction of sp³-hybridized carbons (Fsp3) is 0. The molecule has 0 heterocycles. The number of hydrogen-bond donors (Lipinski definition) is 1. The van der Waals surface area contributed by atoms with Gasteiger partial charge >= 0.3 is 0 Å². The van der Waals surface area contributed by atoms with Gasteiger partial charge in [-0.25, -0.2) is 0 Å². The van der Waals surface area contributed by atoms with Crippen molar-refractivity contribution in [3.05, 3.63) is 32.8 Å². The molecule has 0 amide bonds. The molecule has 0 unspecified atom stereocenters. The molecule has 66 valence electrons. The van der Waals surface area contributed by atoms with E-state index >= 15 is 0 Å². The molecule has 0 radical (unpaired) electrons. The normalized spacial score (nSPS) is 8.92. The Morgan fingerprint density at radius 2 is 2.31 bits per heavy atom. The largest absolute Gasteiger partial charge is 0.291 e. The summed E-state index contributed by atoms with van der Waals surface area (Å²) < 4.78 is 0.611. The number of nitro groups is 1. The Bertz CT molecular complexity index is 386. The van der Waals surface area contributed by atoms with Gasteiger partial charge in [0.1, 0.15) is 0 Å². The molecule has 1 aromatic rings. The number of nitrogens with zero attached hydrogens (tertiary/aromatic N) is 2. The van der Waals surface area contributed by atoms with Gasteiger partial charge in [-0.15, -0.1) is 0 Å². The van der Waals surface area contributed by atoms with Gasteiger partial charge in [0.05, 0.1) is 10.6 Å². The van der Waals surface area contributed by atoms with E-state index in [1.54, 1.807) is 6.19 Å². The van der Waals surface area contributed by atoms with Crippen LogP contribution in [-0.4, -0.2) is 4.92 Å². The van der Waals surface area contributed by atoms with Crippen LogP contribution in [0.5, 0.6) is 0 Å². The third-order valence-electron chi connectivity index (χ3n) is 1.35. The van der Waals surface area contributed by atoms with Crippen molar-refractivity contribution >= 4 is 27.3 Å². The van der Waals surface area contributed by atoms with Crippen molar-refractivity contribution in [3.63, 3.8) is 0 Å². The first-order chi connectivity index (χ1) is 6.15. The van der Waals surface area contributed by atoms with Crippen molar-refractivity contribution in [2.45, 2.75) is 0 Å². The van der Waals surface area contributed by atoms with Gasteiger partial charge in [0, 0.05) is 16.6 Å². The lowest BCUT2D eigenvalue weighted by Gasteiger charge is -1.99. The van der Waals surface area contributed by atoms with Crippen molar-refractivity contribution in [2.24, 2.45) is 0 Å². The van der Waals surface area contributed by atoms with Gasteiger partial charge in [0.2, 0.25) is 0 Å². The highest BCUT2D eigenvalue weighted by Crippen LogP contribution is 2.26. The maximum Gasteiger partial charge on any atom is 0.271 e. The summed E-state index contributed by atoms with van der Waals surface area (Å²) >= 11 is 3.14. The maximum absolute atomic E-state index is 10.3. The van der Waals surface area contributed by atoms with Gasteiger partial charge in [0.25, 0.3) is 5.69 Å². The van der Waals surface area contributed by atoms with Gasteiger partial charge in [-0.1, -0.05) is 0 Å². The molecule has 0 spiro atoms. The molecular formula is C7H4BrN3O2. The van der Waals surface area contributed by atoms with E-state index in [2.05, 4.69) is 21.2 Å². The summed E-state index contributed by atoms with van der Waals surface area (Å²) in [6.07, 6.45) is 1.69. The van der Waals surface area contributed by atoms with E-state index in [1.807, 2.05) is 0 Å². The van der Waals surface area contributed by atoms with E-state index < -0.39 is 4.92 Å². The Labute approximate surface area is 82.3 Å². The zero-order valence-electron chi connectivity index (χ0n) is 6.32. The second-order valence-electron chi connectivity index (χ2n) is 2.16. The Kier molecular flexibility index (Phi) is 2.82. The highest BCUT2D eigenvalue weighted by molar-refractivity contribution is 9.10. The van der Waals surface area contributed by atoms with Crippen molar-refractivity contribution in [2.75, 3.05) is 5.32 Å². The van der Waals surface area contributed by atoms with Gasteiger partial charge in [-0.05, 0) is 22.0 Å². The van der Waals surface area contributed by atoms with Crippen LogP contribution in [0.25, 0.3) is 0 Å². The van der Waals surface area contributed by atoms with Crippen LogP contribution < -0.4 is 5.32 Å². The van der Waals surface area contributed by atoms with E-state index in [9.17, 15) is 10.1 Å². The summed E-state index contributed by atoms with van der Waals surface area (Å²) in [7, 11) is 0. The van der Waals surface area contributed by atoms with Gasteiger partial charge in [-0.2, -0.15) is 5.26 Å². The minimum absolute atomic E-state index is 0.0547. The number of halogens is 1. The lowest BCUT2D eigenvalue weighted by atomic mass is 10.3. The van der Waals surface area contributed by atoms with Crippen LogP contribution >= 0.6 is 15.9 Å². The molecule has 1 N–H and O–H groups in total. The van der Waals surface area contributed by atoms with Crippen LogP contribution in [0.1, 0.15) is 0 Å². The molecule has 1 rings (SSSR count). The number of nitrogens with one attached hydrogen (secondary N) is 1. The summed E-state index contributed by atoms with van der Waals surface area (Å²) in [5.74, 6) is 0. The highest BCUT2D eigenvalue weighted by atomic mass is 79.9. The number of rotatable bonds is 2. The Hall–Kier alpha value is -1.61. The second kappa shape index (κ2) is 3.87. The van der Waals surface area contributed by atoms with Gasteiger partial charge in [0.15, 0.2) is 6.19 Å². The maximum atomic E-state index is 10.3. The molecule has 0 bridgehead atoms. The Balaban J connectivity index is 3.12. The smallest absolute Gasteiger partial charge is 0.271 e. The second-order valence-corrected chi connectivity index (χ2v) is 3.01. The molecule has 0 aliphatic heterocycles. The van der Waals surface area contributed by atoms with Crippen LogP contribution in [0.4, 0.5) is 11.4 Å². The average molecular weight is 242 g/mol. The van der Waals surface area contributed by atoms with E-state index in [-0.39, 0.29) is 5.69 Å². The topological polar surface area (TPSA) is 79.0 Å². The van der Waals surface area contributed by atoms with Crippen molar-refractivity contribution in [1.29, 1.82) is 5.26 Å². The van der Waals surface area contributed by atoms with Crippen LogP contribution in [0.2, 0.25) is 0 Å². The molecular weight excluding hydrogens is 238 g/mol. The van der Waals surface area contributed by atoms with Crippen molar-refractivity contribution in [1.82, 2.24) is 0 Å². The Morgan fingerprint density at radius 3 is 2.85 bits per heavy atom. The quantitative estimate of drug-likeness (QED) is 0.373. The summed E-state index contributed by atoms with van der Waals surface area (Å²) in [5, 5.41) is 21.0. The molecule has 0 atom stereocenters. The van der Waals surface area contributed by atoms with Crippen LogP contribution in [0.3, 0.4) is 0 Å². The fourth-order valence-corrected chi connectivity index (χ4v) is 1.13. The van der Waals surface area contributed by atoms with E-state index in [4.69, 9.17) is 5.26 Å². The molecule has 0 fully saturated rings. The first-order valence-corrected chi connectivity index (χ1v) is 4.03. The minimum Gasteiger partial charge on any atom is -0.291 e. The first kappa shape index (κ1) is 9.48. The molecule has 0 aliphatic carbocycles. The molecule has 0 saturated heterocycles. The van der Waals surface area contributed by atoms with E-state index in [0.717, 1.165) is 0 Å². The van der Waals surface area contributed by atoms with E-state index in [0.29, 0.717) is 10.2 Å². The minimum atomic E-state index is -0.519. The molecule has 0 aromatic heterocycles. The molecule has 13 heavy (non-hydrogen) atoms. The van der Waals surface area contributed by atoms with Gasteiger partial charge in [-0.3, -0.25) is 15.4 Å². The van der Waals surface area contributed by atoms with Gasteiger partial charge < -0.3 is 0 Å². The molecule has 0 aliphatic rings. The number of nitro benzene ring substituents is 1. The number of benzene rings is 1. The number of anilines is 1. The molecule has 6 heteroatoms. The third-order valence-corrected chi connectivity index (χ3v) is 2.04. The highest BCUT2D eigenvalue weighted by Gasteiger charge is 2.08. The predicted molar refractivity (Wildman–Crippen MR) is 50.0 cm³/mol. The predicted octanol–water partition coefficient (Wildman–Crippen LogP) is 2.25. The standard InChI is InChI=1S/C7H4BrN3O2/c8-6-2-1-5(11(12)13)3-7(6)10-4-9/h1-3,10H. The fourth-order valence-electron chi connectivity index (χ4n) is 0.783. The average Bonchev–Trinajstić information content (AvgIpc) is 2.08. The molecule has 0 saturated carbocycles. The summed E-state index contributed by atoms with van der Waals surface area (Å²) in [5.41, 5.74) is 0.331. The summed E-state index contributed by atoms with van der Waals surface area (Å²) in [6, 6.07) is 4.15. The lowest BCUT2D eigenvalue weighted by molar-refractivity contribution is -0.384. The summed E-state index contributed by atoms with van der Waals surface area (Å²) in [6.45, 7) is 0. The third kappa shape index (κ3) is 2.16. The van der Waals surface area contributed by atoms with E-state index in [1.165, 1.54) is 18.2 Å². The Morgan fingerprint density at radius 1 is 1.62 bits per heavy atom. The number of non-ortho nitro benzene ring substituents is 1. The number of nitriles is 1. The molecule has 5 nitrogen and oxygen atoms in total.